The van der Waals surface area contributed by atoms with Gasteiger partial charge in [0, 0.05) is 12.4 Å². The first kappa shape index (κ1) is 16.4. The van der Waals surface area contributed by atoms with Crippen LogP contribution >= 0.6 is 0 Å². The van der Waals surface area contributed by atoms with Crippen LogP contribution in [0.3, 0.4) is 0 Å². The van der Waals surface area contributed by atoms with Crippen molar-refractivity contribution in [3.63, 3.8) is 0 Å². The maximum absolute atomic E-state index is 12.0. The highest BCUT2D eigenvalue weighted by Gasteiger charge is 2.14. The Labute approximate surface area is 130 Å². The molecule has 0 unspecified atom stereocenters. The number of hydrogen-bond donors (Lipinski definition) is 0. The zero-order valence-electron chi connectivity index (χ0n) is 12.5. The highest BCUT2D eigenvalue weighted by atomic mass is 32.2. The Hall–Kier alpha value is -1.99. The van der Waals surface area contributed by atoms with Crippen molar-refractivity contribution in [1.82, 2.24) is 9.97 Å². The molecule has 0 N–H and O–H groups in total. The lowest BCUT2D eigenvalue weighted by atomic mass is 10.2. The summed E-state index contributed by atoms with van der Waals surface area (Å²) in [7, 11) is -2.19. The first-order valence-electron chi connectivity index (χ1n) is 6.82. The van der Waals surface area contributed by atoms with Gasteiger partial charge in [0.2, 0.25) is 0 Å². The molecule has 0 spiro atoms. The molecule has 0 radical (unpaired) electrons. The Kier molecular flexibility index (Phi) is 5.46. The van der Waals surface area contributed by atoms with Gasteiger partial charge in [0.25, 0.3) is 10.1 Å². The van der Waals surface area contributed by atoms with E-state index >= 15 is 0 Å². The molecule has 0 amide bonds. The Morgan fingerprint density at radius 2 is 1.73 bits per heavy atom. The number of rotatable bonds is 7. The van der Waals surface area contributed by atoms with Gasteiger partial charge in [-0.25, -0.2) is 9.97 Å². The van der Waals surface area contributed by atoms with Crippen LogP contribution < -0.4 is 4.74 Å². The number of aryl methyl sites for hydroxylation is 2. The standard InChI is InChI=1S/C15H18N2O4S/c1-12-5-7-14(8-6-12)22(18,19)21-9-3-4-13-10-16-15(20-2)17-11-13/h5-8,10-11H,3-4,9H2,1-2H3. The van der Waals surface area contributed by atoms with E-state index in [9.17, 15) is 8.42 Å². The lowest BCUT2D eigenvalue weighted by Gasteiger charge is -2.06. The monoisotopic (exact) mass is 322 g/mol. The Morgan fingerprint density at radius 1 is 1.09 bits per heavy atom. The summed E-state index contributed by atoms with van der Waals surface area (Å²) < 4.78 is 33.8. The van der Waals surface area contributed by atoms with Gasteiger partial charge in [-0.3, -0.25) is 4.18 Å². The Balaban J connectivity index is 1.83. The van der Waals surface area contributed by atoms with Gasteiger partial charge in [0.1, 0.15) is 0 Å². The highest BCUT2D eigenvalue weighted by molar-refractivity contribution is 7.86. The second-order valence-electron chi connectivity index (χ2n) is 4.77. The minimum atomic E-state index is -3.69. The number of ether oxygens (including phenoxy) is 1. The van der Waals surface area contributed by atoms with Crippen LogP contribution in [-0.4, -0.2) is 32.1 Å². The second-order valence-corrected chi connectivity index (χ2v) is 6.39. The number of aromatic nitrogens is 2. The van der Waals surface area contributed by atoms with Crippen LogP contribution in [0.25, 0.3) is 0 Å². The van der Waals surface area contributed by atoms with Crippen molar-refractivity contribution in [1.29, 1.82) is 0 Å². The van der Waals surface area contributed by atoms with Gasteiger partial charge in [0.15, 0.2) is 0 Å². The second kappa shape index (κ2) is 7.33. The van der Waals surface area contributed by atoms with E-state index in [4.69, 9.17) is 8.92 Å². The molecule has 0 aliphatic rings. The van der Waals surface area contributed by atoms with Crippen molar-refractivity contribution >= 4 is 10.1 Å². The average molecular weight is 322 g/mol. The number of nitrogens with zero attached hydrogens (tertiary/aromatic N) is 2. The molecule has 1 heterocycles. The molecule has 0 aliphatic heterocycles. The quantitative estimate of drug-likeness (QED) is 0.574. The molecule has 2 aromatic rings. The van der Waals surface area contributed by atoms with E-state index in [0.717, 1.165) is 11.1 Å². The number of hydrogen-bond acceptors (Lipinski definition) is 6. The van der Waals surface area contributed by atoms with E-state index in [1.165, 1.54) is 7.11 Å². The summed E-state index contributed by atoms with van der Waals surface area (Å²) in [6.45, 7) is 2.01. The van der Waals surface area contributed by atoms with Crippen molar-refractivity contribution in [3.05, 3.63) is 47.8 Å². The van der Waals surface area contributed by atoms with Crippen molar-refractivity contribution in [2.24, 2.45) is 0 Å². The van der Waals surface area contributed by atoms with E-state index in [1.54, 1.807) is 36.7 Å². The lowest BCUT2D eigenvalue weighted by molar-refractivity contribution is 0.312. The van der Waals surface area contributed by atoms with Crippen LogP contribution in [0.15, 0.2) is 41.6 Å². The van der Waals surface area contributed by atoms with E-state index in [2.05, 4.69) is 9.97 Å². The van der Waals surface area contributed by atoms with Gasteiger partial charge in [-0.1, -0.05) is 17.7 Å². The van der Waals surface area contributed by atoms with Gasteiger partial charge in [-0.15, -0.1) is 0 Å². The molecule has 6 nitrogen and oxygen atoms in total. The fourth-order valence-corrected chi connectivity index (χ4v) is 2.74. The third kappa shape index (κ3) is 4.51. The molecule has 0 aliphatic carbocycles. The Bertz CT molecular complexity index is 697. The maximum Gasteiger partial charge on any atom is 0.316 e. The third-order valence-corrected chi connectivity index (χ3v) is 4.35. The van der Waals surface area contributed by atoms with Crippen molar-refractivity contribution in [3.8, 4) is 6.01 Å². The first-order valence-corrected chi connectivity index (χ1v) is 8.23. The van der Waals surface area contributed by atoms with Crippen molar-refractivity contribution < 1.29 is 17.3 Å². The molecule has 0 bridgehead atoms. The van der Waals surface area contributed by atoms with Gasteiger partial charge in [-0.05, 0) is 37.5 Å². The predicted octanol–water partition coefficient (Wildman–Crippen LogP) is 2.13. The van der Waals surface area contributed by atoms with E-state index in [0.29, 0.717) is 18.9 Å². The first-order chi connectivity index (χ1) is 10.5. The van der Waals surface area contributed by atoms with Crippen LogP contribution in [-0.2, 0) is 20.7 Å². The lowest BCUT2D eigenvalue weighted by Crippen LogP contribution is -2.08. The topological polar surface area (TPSA) is 78.4 Å². The van der Waals surface area contributed by atoms with Crippen LogP contribution in [0.4, 0.5) is 0 Å². The summed E-state index contributed by atoms with van der Waals surface area (Å²) in [4.78, 5) is 8.15. The molecule has 1 aromatic carbocycles. The van der Waals surface area contributed by atoms with Gasteiger partial charge >= 0.3 is 6.01 Å². The molecule has 7 heteroatoms. The SMILES string of the molecule is COc1ncc(CCCOS(=O)(=O)c2ccc(C)cc2)cn1. The minimum absolute atomic E-state index is 0.113. The third-order valence-electron chi connectivity index (χ3n) is 3.02. The predicted molar refractivity (Wildman–Crippen MR) is 81.2 cm³/mol. The number of benzene rings is 1. The molecular formula is C15H18N2O4S. The Morgan fingerprint density at radius 3 is 2.32 bits per heavy atom. The summed E-state index contributed by atoms with van der Waals surface area (Å²) >= 11 is 0. The van der Waals surface area contributed by atoms with Crippen LogP contribution in [0, 0.1) is 6.92 Å². The minimum Gasteiger partial charge on any atom is -0.467 e. The average Bonchev–Trinajstić information content (AvgIpc) is 2.52. The normalized spacial score (nSPS) is 11.4. The number of methoxy groups -OCH3 is 1. The van der Waals surface area contributed by atoms with Crippen LogP contribution in [0.2, 0.25) is 0 Å². The van der Waals surface area contributed by atoms with Gasteiger partial charge in [-0.2, -0.15) is 8.42 Å². The molecule has 1 aromatic heterocycles. The molecule has 0 fully saturated rings. The molecule has 0 saturated carbocycles. The van der Waals surface area contributed by atoms with E-state index in [1.807, 2.05) is 6.92 Å². The van der Waals surface area contributed by atoms with E-state index < -0.39 is 10.1 Å². The van der Waals surface area contributed by atoms with Crippen LogP contribution in [0.5, 0.6) is 6.01 Å². The molecule has 0 atom stereocenters. The molecule has 2 rings (SSSR count). The molecular weight excluding hydrogens is 304 g/mol. The largest absolute Gasteiger partial charge is 0.467 e. The van der Waals surface area contributed by atoms with Crippen molar-refractivity contribution in [2.75, 3.05) is 13.7 Å². The maximum atomic E-state index is 12.0. The fraction of sp³-hybridized carbons (Fsp3) is 0.333. The molecule has 118 valence electrons. The van der Waals surface area contributed by atoms with Crippen molar-refractivity contribution in [2.45, 2.75) is 24.7 Å². The van der Waals surface area contributed by atoms with Crippen LogP contribution in [0.1, 0.15) is 17.5 Å². The summed E-state index contributed by atoms with van der Waals surface area (Å²) in [6, 6.07) is 6.88. The zero-order valence-corrected chi connectivity index (χ0v) is 13.3. The smallest absolute Gasteiger partial charge is 0.316 e. The summed E-state index contributed by atoms with van der Waals surface area (Å²) in [5.74, 6) is 0. The van der Waals surface area contributed by atoms with Gasteiger partial charge in [0.05, 0.1) is 18.6 Å². The van der Waals surface area contributed by atoms with Gasteiger partial charge < -0.3 is 4.74 Å². The fourth-order valence-electron chi connectivity index (χ4n) is 1.80. The molecule has 0 saturated heterocycles. The summed E-state index contributed by atoms with van der Waals surface area (Å²) in [6.07, 6.45) is 4.49. The highest BCUT2D eigenvalue weighted by Crippen LogP contribution is 2.14. The zero-order chi connectivity index (χ0) is 16.0. The van der Waals surface area contributed by atoms with E-state index in [-0.39, 0.29) is 11.5 Å². The summed E-state index contributed by atoms with van der Waals surface area (Å²) in [5.41, 5.74) is 1.90. The molecule has 22 heavy (non-hydrogen) atoms. The summed E-state index contributed by atoms with van der Waals surface area (Å²) in [5, 5.41) is 0.